The maximum atomic E-state index is 15.2. The predicted octanol–water partition coefficient (Wildman–Crippen LogP) is 2.57. The number of carbonyl (C=O) groups is 1. The van der Waals surface area contributed by atoms with E-state index in [1.807, 2.05) is 6.92 Å². The predicted molar refractivity (Wildman–Crippen MR) is 104 cm³/mol. The molecule has 29 heavy (non-hydrogen) atoms. The van der Waals surface area contributed by atoms with E-state index in [1.165, 1.54) is 6.20 Å². The van der Waals surface area contributed by atoms with E-state index >= 15 is 4.39 Å². The van der Waals surface area contributed by atoms with Gasteiger partial charge >= 0.3 is 5.97 Å². The molecule has 7 nitrogen and oxygen atoms in total. The highest BCUT2D eigenvalue weighted by Gasteiger charge is 2.31. The number of carboxylic acid groups (broad SMARTS) is 1. The second-order valence-corrected chi connectivity index (χ2v) is 7.41. The Morgan fingerprint density at radius 2 is 2.21 bits per heavy atom. The Bertz CT molecular complexity index is 1110. The number of carboxylic acids is 1. The topological polar surface area (TPSA) is 97.8 Å². The normalized spacial score (nSPS) is 20.6. The third-order valence-electron chi connectivity index (χ3n) is 5.54. The lowest BCUT2D eigenvalue weighted by molar-refractivity contribution is 0.0694. The van der Waals surface area contributed by atoms with Crippen LogP contribution >= 0.6 is 0 Å². The Morgan fingerprint density at radius 3 is 2.90 bits per heavy atom. The summed E-state index contributed by atoms with van der Waals surface area (Å²) in [6.45, 7) is 2.47. The minimum atomic E-state index is -1.37. The molecule has 1 aromatic carbocycles. The van der Waals surface area contributed by atoms with Crippen molar-refractivity contribution in [3.8, 4) is 5.75 Å². The van der Waals surface area contributed by atoms with E-state index in [1.54, 1.807) is 9.47 Å². The van der Waals surface area contributed by atoms with E-state index in [-0.39, 0.29) is 42.6 Å². The van der Waals surface area contributed by atoms with Crippen LogP contribution in [0.5, 0.6) is 5.75 Å². The van der Waals surface area contributed by atoms with E-state index in [0.717, 1.165) is 6.07 Å². The molecule has 0 saturated carbocycles. The first-order valence-corrected chi connectivity index (χ1v) is 9.42. The molecular weight excluding hydrogens is 384 g/mol. The largest absolute Gasteiger partial charge is 0.487 e. The van der Waals surface area contributed by atoms with Gasteiger partial charge in [-0.15, -0.1) is 0 Å². The lowest BCUT2D eigenvalue weighted by Crippen LogP contribution is -2.34. The zero-order chi connectivity index (χ0) is 20.9. The van der Waals surface area contributed by atoms with Gasteiger partial charge in [-0.2, -0.15) is 0 Å². The summed E-state index contributed by atoms with van der Waals surface area (Å²) in [7, 11) is 0. The molecule has 3 N–H and O–H groups in total. The molecule has 0 bridgehead atoms. The number of aromatic carboxylic acids is 1. The van der Waals surface area contributed by atoms with Crippen LogP contribution in [-0.4, -0.2) is 41.9 Å². The summed E-state index contributed by atoms with van der Waals surface area (Å²) in [5, 5.41) is 9.31. The van der Waals surface area contributed by atoms with Gasteiger partial charge in [0.15, 0.2) is 11.6 Å². The molecule has 1 atom stereocenters. The summed E-state index contributed by atoms with van der Waals surface area (Å²) in [4.78, 5) is 25.8. The third-order valence-corrected chi connectivity index (χ3v) is 5.54. The Labute approximate surface area is 165 Å². The molecule has 0 spiro atoms. The second-order valence-electron chi connectivity index (χ2n) is 7.41. The Morgan fingerprint density at radius 1 is 1.45 bits per heavy atom. The summed E-state index contributed by atoms with van der Waals surface area (Å²) in [5.41, 5.74) is 5.26. The average molecular weight is 405 g/mol. The minimum Gasteiger partial charge on any atom is -0.487 e. The molecule has 1 aromatic heterocycles. The van der Waals surface area contributed by atoms with Crippen LogP contribution in [0.2, 0.25) is 0 Å². The summed E-state index contributed by atoms with van der Waals surface area (Å²) in [6.07, 6.45) is 2.45. The van der Waals surface area contributed by atoms with Gasteiger partial charge < -0.3 is 25.0 Å². The van der Waals surface area contributed by atoms with Crippen LogP contribution in [0.4, 0.5) is 14.5 Å². The van der Waals surface area contributed by atoms with Crippen molar-refractivity contribution in [1.29, 1.82) is 0 Å². The number of nitrogens with zero attached hydrogens (tertiary/aromatic N) is 2. The molecule has 0 aliphatic carbocycles. The fourth-order valence-corrected chi connectivity index (χ4v) is 4.09. The summed E-state index contributed by atoms with van der Waals surface area (Å²) in [6, 6.07) is 0.812. The van der Waals surface area contributed by atoms with Crippen molar-refractivity contribution in [2.24, 2.45) is 5.73 Å². The maximum absolute atomic E-state index is 15.2. The number of aromatic nitrogens is 1. The number of ether oxygens (including phenoxy) is 1. The first kappa shape index (κ1) is 19.4. The standard InChI is InChI=1S/C20H21F2N3O4/c1-10-9-29-19-16-12(18(26)13(20(27)28)8-25(10)16)5-14(21)17(19)24-4-2-3-11(7-24)15(22)6-23/h5,8,10H,2-4,6-7,9,23H2,1H3,(H,27,28)/b15-11+/t10-/m0/s1. The first-order chi connectivity index (χ1) is 13.8. The van der Waals surface area contributed by atoms with Crippen molar-refractivity contribution in [2.45, 2.75) is 25.8 Å². The lowest BCUT2D eigenvalue weighted by atomic mass is 10.0. The molecule has 2 aromatic rings. The maximum Gasteiger partial charge on any atom is 0.341 e. The smallest absolute Gasteiger partial charge is 0.341 e. The van der Waals surface area contributed by atoms with Gasteiger partial charge in [-0.25, -0.2) is 13.6 Å². The van der Waals surface area contributed by atoms with Gasteiger partial charge in [0.1, 0.15) is 23.7 Å². The van der Waals surface area contributed by atoms with Crippen LogP contribution in [-0.2, 0) is 0 Å². The quantitative estimate of drug-likeness (QED) is 0.815. The Hall–Kier alpha value is -2.94. The molecule has 0 amide bonds. The second kappa shape index (κ2) is 7.14. The fraction of sp³-hybridized carbons (Fsp3) is 0.400. The number of benzene rings is 1. The van der Waals surface area contributed by atoms with Gasteiger partial charge in [0.25, 0.3) is 0 Å². The SMILES string of the molecule is C[C@H]1COc2c(N3CCC/C(=C(\F)CN)C3)c(F)cc3c(=O)c(C(=O)O)cn1c23. The number of nitrogens with two attached hydrogens (primary N) is 1. The van der Waals surface area contributed by atoms with Gasteiger partial charge in [-0.05, 0) is 31.4 Å². The van der Waals surface area contributed by atoms with Crippen molar-refractivity contribution in [2.75, 3.05) is 31.1 Å². The molecule has 2 aliphatic heterocycles. The van der Waals surface area contributed by atoms with E-state index in [4.69, 9.17) is 10.5 Å². The highest BCUT2D eigenvalue weighted by Crippen LogP contribution is 2.43. The van der Waals surface area contributed by atoms with Gasteiger partial charge in [0.05, 0.1) is 16.9 Å². The highest BCUT2D eigenvalue weighted by molar-refractivity contribution is 5.97. The summed E-state index contributed by atoms with van der Waals surface area (Å²) in [5.74, 6) is -2.29. The van der Waals surface area contributed by atoms with Crippen molar-refractivity contribution in [1.82, 2.24) is 4.57 Å². The molecule has 1 saturated heterocycles. The molecule has 1 fully saturated rings. The number of hydrogen-bond donors (Lipinski definition) is 2. The molecule has 4 rings (SSSR count). The summed E-state index contributed by atoms with van der Waals surface area (Å²) < 4.78 is 36.7. The molecule has 154 valence electrons. The average Bonchev–Trinajstić information content (AvgIpc) is 2.71. The number of anilines is 1. The molecule has 0 radical (unpaired) electrons. The third kappa shape index (κ3) is 3.05. The summed E-state index contributed by atoms with van der Waals surface area (Å²) >= 11 is 0. The lowest BCUT2D eigenvalue weighted by Gasteiger charge is -2.35. The van der Waals surface area contributed by atoms with Crippen LogP contribution in [0.1, 0.15) is 36.2 Å². The van der Waals surface area contributed by atoms with Crippen LogP contribution < -0.4 is 20.8 Å². The molecule has 9 heteroatoms. The van der Waals surface area contributed by atoms with E-state index in [2.05, 4.69) is 0 Å². The first-order valence-electron chi connectivity index (χ1n) is 9.42. The van der Waals surface area contributed by atoms with Crippen LogP contribution in [0.3, 0.4) is 0 Å². The van der Waals surface area contributed by atoms with Crippen LogP contribution in [0, 0.1) is 5.82 Å². The van der Waals surface area contributed by atoms with Gasteiger partial charge in [0.2, 0.25) is 5.43 Å². The van der Waals surface area contributed by atoms with E-state index < -0.39 is 28.6 Å². The number of rotatable bonds is 3. The number of pyridine rings is 1. The minimum absolute atomic E-state index is 0.0476. The fourth-order valence-electron chi connectivity index (χ4n) is 4.09. The monoisotopic (exact) mass is 405 g/mol. The van der Waals surface area contributed by atoms with Gasteiger partial charge in [-0.3, -0.25) is 4.79 Å². The van der Waals surface area contributed by atoms with Crippen molar-refractivity contribution < 1.29 is 23.4 Å². The van der Waals surface area contributed by atoms with Crippen LogP contribution in [0.25, 0.3) is 10.9 Å². The molecule has 3 heterocycles. The Kier molecular flexibility index (Phi) is 4.77. The zero-order valence-corrected chi connectivity index (χ0v) is 15.9. The number of hydrogen-bond acceptors (Lipinski definition) is 5. The highest BCUT2D eigenvalue weighted by atomic mass is 19.1. The van der Waals surface area contributed by atoms with Gasteiger partial charge in [-0.1, -0.05) is 0 Å². The van der Waals surface area contributed by atoms with E-state index in [9.17, 15) is 19.1 Å². The van der Waals surface area contributed by atoms with Crippen LogP contribution in [0.15, 0.2) is 28.5 Å². The van der Waals surface area contributed by atoms with Crippen molar-refractivity contribution >= 4 is 22.6 Å². The van der Waals surface area contributed by atoms with Crippen molar-refractivity contribution in [3.05, 3.63) is 45.3 Å². The van der Waals surface area contributed by atoms with E-state index in [0.29, 0.717) is 30.5 Å². The molecular formula is C20H21F2N3O4. The van der Waals surface area contributed by atoms with Gasteiger partial charge in [0, 0.05) is 25.8 Å². The number of halogens is 2. The number of piperidine rings is 1. The Balaban J connectivity index is 1.97. The molecule has 2 aliphatic rings. The zero-order valence-electron chi connectivity index (χ0n) is 15.9. The molecule has 0 unspecified atom stereocenters. The van der Waals surface area contributed by atoms with Crippen molar-refractivity contribution in [3.63, 3.8) is 0 Å².